The zero-order valence-electron chi connectivity index (χ0n) is 18.0. The van der Waals surface area contributed by atoms with Gasteiger partial charge in [0.2, 0.25) is 0 Å². The van der Waals surface area contributed by atoms with Crippen LogP contribution in [0.2, 0.25) is 0 Å². The third-order valence-electron chi connectivity index (χ3n) is 5.47. The topological polar surface area (TPSA) is 51.7 Å². The van der Waals surface area contributed by atoms with Gasteiger partial charge >= 0.3 is 0 Å². The van der Waals surface area contributed by atoms with Crippen molar-refractivity contribution in [3.05, 3.63) is 53.6 Å². The van der Waals surface area contributed by atoms with Crippen LogP contribution < -0.4 is 9.64 Å². The van der Waals surface area contributed by atoms with Gasteiger partial charge in [0.05, 0.1) is 30.0 Å². The SMILES string of the molecule is COc1ccc2nc(N(CC3CCCO3)C(=O)c3ccc(C(C)(C)C)cc3)sc2c1. The Bertz CT molecular complexity index is 1030. The van der Waals surface area contributed by atoms with Crippen molar-refractivity contribution in [3.8, 4) is 5.75 Å². The van der Waals surface area contributed by atoms with Crippen LogP contribution in [-0.2, 0) is 10.2 Å². The van der Waals surface area contributed by atoms with Gasteiger partial charge in [-0.2, -0.15) is 0 Å². The molecule has 158 valence electrons. The molecule has 1 fully saturated rings. The molecule has 0 spiro atoms. The Hall–Kier alpha value is -2.44. The van der Waals surface area contributed by atoms with E-state index in [1.54, 1.807) is 12.0 Å². The Balaban J connectivity index is 1.68. The predicted molar refractivity (Wildman–Crippen MR) is 122 cm³/mol. The zero-order valence-corrected chi connectivity index (χ0v) is 18.8. The van der Waals surface area contributed by atoms with Gasteiger partial charge < -0.3 is 9.47 Å². The summed E-state index contributed by atoms with van der Waals surface area (Å²) in [7, 11) is 1.65. The lowest BCUT2D eigenvalue weighted by molar-refractivity contribution is 0.0917. The largest absolute Gasteiger partial charge is 0.497 e. The number of ether oxygens (including phenoxy) is 2. The fourth-order valence-corrected chi connectivity index (χ4v) is 4.65. The van der Waals surface area contributed by atoms with Gasteiger partial charge in [0.1, 0.15) is 5.75 Å². The van der Waals surface area contributed by atoms with Crippen LogP contribution in [0, 0.1) is 0 Å². The molecule has 0 radical (unpaired) electrons. The summed E-state index contributed by atoms with van der Waals surface area (Å²) in [4.78, 5) is 20.0. The van der Waals surface area contributed by atoms with Gasteiger partial charge in [0.25, 0.3) is 5.91 Å². The van der Waals surface area contributed by atoms with E-state index in [1.165, 1.54) is 16.9 Å². The molecular weight excluding hydrogens is 396 g/mol. The van der Waals surface area contributed by atoms with Crippen LogP contribution in [0.3, 0.4) is 0 Å². The average molecular weight is 425 g/mol. The number of nitrogens with zero attached hydrogens (tertiary/aromatic N) is 2. The summed E-state index contributed by atoms with van der Waals surface area (Å²) in [6, 6.07) is 13.7. The number of anilines is 1. The third-order valence-corrected chi connectivity index (χ3v) is 6.51. The summed E-state index contributed by atoms with van der Waals surface area (Å²) in [5, 5.41) is 0.693. The highest BCUT2D eigenvalue weighted by Gasteiger charge is 2.27. The van der Waals surface area contributed by atoms with Crippen molar-refractivity contribution >= 4 is 32.6 Å². The van der Waals surface area contributed by atoms with E-state index in [2.05, 4.69) is 20.8 Å². The molecule has 2 aromatic carbocycles. The number of aromatic nitrogens is 1. The molecule has 1 aliphatic rings. The number of thiazole rings is 1. The number of hydrogen-bond acceptors (Lipinski definition) is 5. The molecule has 0 bridgehead atoms. The lowest BCUT2D eigenvalue weighted by atomic mass is 9.86. The molecule has 3 aromatic rings. The van der Waals surface area contributed by atoms with Crippen molar-refractivity contribution in [3.63, 3.8) is 0 Å². The van der Waals surface area contributed by atoms with Crippen molar-refractivity contribution in [1.29, 1.82) is 0 Å². The maximum atomic E-state index is 13.5. The summed E-state index contributed by atoms with van der Waals surface area (Å²) >= 11 is 1.51. The highest BCUT2D eigenvalue weighted by Crippen LogP contribution is 2.33. The van der Waals surface area contributed by atoms with E-state index < -0.39 is 0 Å². The first-order chi connectivity index (χ1) is 14.3. The number of fused-ring (bicyclic) bond motifs is 1. The van der Waals surface area contributed by atoms with E-state index in [1.807, 2.05) is 42.5 Å². The van der Waals surface area contributed by atoms with Gasteiger partial charge in [-0.15, -0.1) is 0 Å². The number of rotatable bonds is 5. The van der Waals surface area contributed by atoms with Crippen molar-refractivity contribution in [2.45, 2.75) is 45.1 Å². The minimum Gasteiger partial charge on any atom is -0.497 e. The number of amides is 1. The molecule has 0 aliphatic carbocycles. The maximum absolute atomic E-state index is 13.5. The molecule has 4 rings (SSSR count). The van der Waals surface area contributed by atoms with E-state index in [9.17, 15) is 4.79 Å². The summed E-state index contributed by atoms with van der Waals surface area (Å²) < 4.78 is 12.2. The molecule has 1 aliphatic heterocycles. The molecule has 30 heavy (non-hydrogen) atoms. The first-order valence-electron chi connectivity index (χ1n) is 10.3. The van der Waals surface area contributed by atoms with Crippen LogP contribution >= 0.6 is 11.3 Å². The summed E-state index contributed by atoms with van der Waals surface area (Å²) in [6.45, 7) is 7.77. The summed E-state index contributed by atoms with van der Waals surface area (Å²) in [5.74, 6) is 0.740. The Morgan fingerprint density at radius 1 is 1.23 bits per heavy atom. The molecule has 1 saturated heterocycles. The van der Waals surface area contributed by atoms with Gasteiger partial charge in [-0.25, -0.2) is 4.98 Å². The van der Waals surface area contributed by atoms with Crippen LogP contribution in [0.5, 0.6) is 5.75 Å². The second-order valence-corrected chi connectivity index (χ2v) is 9.72. The molecule has 1 aromatic heterocycles. The number of hydrogen-bond donors (Lipinski definition) is 0. The number of carbonyl (C=O) groups excluding carboxylic acids is 1. The van der Waals surface area contributed by atoms with Crippen LogP contribution in [0.15, 0.2) is 42.5 Å². The lowest BCUT2D eigenvalue weighted by Gasteiger charge is -2.24. The molecule has 6 heteroatoms. The molecule has 5 nitrogen and oxygen atoms in total. The fraction of sp³-hybridized carbons (Fsp3) is 0.417. The zero-order chi connectivity index (χ0) is 21.3. The smallest absolute Gasteiger partial charge is 0.260 e. The number of methoxy groups -OCH3 is 1. The lowest BCUT2D eigenvalue weighted by Crippen LogP contribution is -2.37. The molecular formula is C24H28N2O3S. The minimum atomic E-state index is -0.0445. The highest BCUT2D eigenvalue weighted by atomic mass is 32.1. The normalized spacial score (nSPS) is 16.7. The quantitative estimate of drug-likeness (QED) is 0.548. The van der Waals surface area contributed by atoms with Crippen LogP contribution in [-0.4, -0.2) is 37.3 Å². The Morgan fingerprint density at radius 2 is 2.00 bits per heavy atom. The van der Waals surface area contributed by atoms with Crippen molar-refractivity contribution in [2.24, 2.45) is 0 Å². The number of carbonyl (C=O) groups is 1. The number of benzene rings is 2. The van der Waals surface area contributed by atoms with E-state index >= 15 is 0 Å². The Kier molecular flexibility index (Phi) is 5.80. The first kappa shape index (κ1) is 20.8. The monoisotopic (exact) mass is 424 g/mol. The second-order valence-electron chi connectivity index (χ2n) is 8.71. The van der Waals surface area contributed by atoms with Crippen molar-refractivity contribution in [2.75, 3.05) is 25.2 Å². The summed E-state index contributed by atoms with van der Waals surface area (Å²) in [5.41, 5.74) is 2.78. The van der Waals surface area contributed by atoms with Crippen LogP contribution in [0.1, 0.15) is 49.5 Å². The molecule has 1 unspecified atom stereocenters. The van der Waals surface area contributed by atoms with Gasteiger partial charge in [-0.1, -0.05) is 44.2 Å². The van der Waals surface area contributed by atoms with Crippen molar-refractivity contribution < 1.29 is 14.3 Å². The standard InChI is InChI=1S/C24H28N2O3S/c1-24(2,3)17-9-7-16(8-10-17)22(27)26(15-19-6-5-13-29-19)23-25-20-12-11-18(28-4)14-21(20)30-23/h7-12,14,19H,5-6,13,15H2,1-4H3. The van der Waals surface area contributed by atoms with E-state index in [0.29, 0.717) is 17.2 Å². The second kappa shape index (κ2) is 8.36. The first-order valence-corrected chi connectivity index (χ1v) is 11.2. The maximum Gasteiger partial charge on any atom is 0.260 e. The van der Waals surface area contributed by atoms with Crippen LogP contribution in [0.4, 0.5) is 5.13 Å². The Labute approximate surface area is 181 Å². The van der Waals surface area contributed by atoms with E-state index in [0.717, 1.165) is 35.4 Å². The van der Waals surface area contributed by atoms with E-state index in [-0.39, 0.29) is 17.4 Å². The molecule has 1 atom stereocenters. The third kappa shape index (κ3) is 4.35. The molecule has 1 amide bonds. The van der Waals surface area contributed by atoms with Crippen LogP contribution in [0.25, 0.3) is 10.2 Å². The van der Waals surface area contributed by atoms with Gasteiger partial charge in [-0.3, -0.25) is 9.69 Å². The van der Waals surface area contributed by atoms with Gasteiger partial charge in [0, 0.05) is 12.2 Å². The average Bonchev–Trinajstić information content (AvgIpc) is 3.39. The van der Waals surface area contributed by atoms with Gasteiger partial charge in [0.15, 0.2) is 5.13 Å². The highest BCUT2D eigenvalue weighted by molar-refractivity contribution is 7.22. The fourth-order valence-electron chi connectivity index (χ4n) is 3.64. The molecule has 0 saturated carbocycles. The minimum absolute atomic E-state index is 0.0445. The molecule has 2 heterocycles. The van der Waals surface area contributed by atoms with Crippen molar-refractivity contribution in [1.82, 2.24) is 4.98 Å². The van der Waals surface area contributed by atoms with Gasteiger partial charge in [-0.05, 0) is 54.2 Å². The predicted octanol–water partition coefficient (Wildman–Crippen LogP) is 5.43. The summed E-state index contributed by atoms with van der Waals surface area (Å²) in [6.07, 6.45) is 2.04. The molecule has 0 N–H and O–H groups in total. The Morgan fingerprint density at radius 3 is 2.63 bits per heavy atom. The van der Waals surface area contributed by atoms with E-state index in [4.69, 9.17) is 14.5 Å².